The summed E-state index contributed by atoms with van der Waals surface area (Å²) in [6, 6.07) is 14.6. The third-order valence-corrected chi connectivity index (χ3v) is 4.47. The number of halogens is 2. The van der Waals surface area contributed by atoms with Crippen LogP contribution in [0.5, 0.6) is 0 Å². The Morgan fingerprint density at radius 2 is 1.70 bits per heavy atom. The van der Waals surface area contributed by atoms with Gasteiger partial charge in [0.1, 0.15) is 0 Å². The third kappa shape index (κ3) is 3.35. The van der Waals surface area contributed by atoms with Crippen LogP contribution in [0.4, 0.5) is 0 Å². The Morgan fingerprint density at radius 3 is 2.40 bits per heavy atom. The molecule has 1 N–H and O–H groups in total. The van der Waals surface area contributed by atoms with E-state index in [0.717, 1.165) is 18.4 Å². The summed E-state index contributed by atoms with van der Waals surface area (Å²) in [7, 11) is 1.98. The smallest absolute Gasteiger partial charge is 0.0624 e. The number of benzene rings is 2. The second-order valence-electron chi connectivity index (χ2n) is 4.81. The zero-order valence-corrected chi connectivity index (χ0v) is 13.3. The van der Waals surface area contributed by atoms with Crippen molar-refractivity contribution in [1.29, 1.82) is 0 Å². The van der Waals surface area contributed by atoms with Crippen molar-refractivity contribution in [3.8, 4) is 0 Å². The first kappa shape index (κ1) is 15.4. The molecule has 3 heteroatoms. The highest BCUT2D eigenvalue weighted by molar-refractivity contribution is 6.42. The van der Waals surface area contributed by atoms with E-state index in [9.17, 15) is 0 Å². The highest BCUT2D eigenvalue weighted by atomic mass is 35.5. The largest absolute Gasteiger partial charge is 0.313 e. The summed E-state index contributed by atoms with van der Waals surface area (Å²) >= 11 is 12.4. The van der Waals surface area contributed by atoms with E-state index in [1.165, 1.54) is 11.1 Å². The number of aryl methyl sites for hydroxylation is 1. The fourth-order valence-corrected chi connectivity index (χ4v) is 2.89. The topological polar surface area (TPSA) is 12.0 Å². The molecule has 106 valence electrons. The number of nitrogens with one attached hydrogen (secondary N) is 1. The number of hydrogen-bond acceptors (Lipinski definition) is 1. The third-order valence-electron chi connectivity index (χ3n) is 3.62. The predicted molar refractivity (Wildman–Crippen MR) is 87.8 cm³/mol. The van der Waals surface area contributed by atoms with Gasteiger partial charge in [-0.1, -0.05) is 66.5 Å². The maximum absolute atomic E-state index is 6.30. The van der Waals surface area contributed by atoms with Crippen molar-refractivity contribution in [2.45, 2.75) is 25.8 Å². The molecule has 1 atom stereocenters. The molecule has 0 aliphatic carbocycles. The van der Waals surface area contributed by atoms with E-state index < -0.39 is 0 Å². The van der Waals surface area contributed by atoms with Crippen LogP contribution in [0.25, 0.3) is 0 Å². The molecule has 0 fully saturated rings. The normalized spacial score (nSPS) is 12.4. The summed E-state index contributed by atoms with van der Waals surface area (Å²) < 4.78 is 0. The molecule has 0 saturated heterocycles. The molecule has 1 nitrogen and oxygen atoms in total. The molecule has 0 saturated carbocycles. The maximum Gasteiger partial charge on any atom is 0.0624 e. The molecule has 0 heterocycles. The molecule has 0 spiro atoms. The van der Waals surface area contributed by atoms with Crippen LogP contribution in [0.15, 0.2) is 42.5 Å². The lowest BCUT2D eigenvalue weighted by Crippen LogP contribution is -2.20. The summed E-state index contributed by atoms with van der Waals surface area (Å²) in [6.45, 7) is 2.18. The molecule has 0 bridgehead atoms. The first-order valence-electron chi connectivity index (χ1n) is 6.85. The standard InChI is InChI=1S/C17H19Cl2N/c1-3-12-7-4-5-9-14(12)16(20-2)11-13-8-6-10-15(18)17(13)19/h4-10,16,20H,3,11H2,1-2H3. The van der Waals surface area contributed by atoms with Gasteiger partial charge in [-0.05, 0) is 42.6 Å². The predicted octanol–water partition coefficient (Wildman–Crippen LogP) is 5.06. The van der Waals surface area contributed by atoms with Crippen LogP contribution in [0.3, 0.4) is 0 Å². The second-order valence-corrected chi connectivity index (χ2v) is 5.60. The van der Waals surface area contributed by atoms with Crippen LogP contribution in [-0.2, 0) is 12.8 Å². The molecule has 2 aromatic carbocycles. The van der Waals surface area contributed by atoms with Crippen molar-refractivity contribution in [1.82, 2.24) is 5.32 Å². The molecule has 0 radical (unpaired) electrons. The highest BCUT2D eigenvalue weighted by Gasteiger charge is 2.15. The highest BCUT2D eigenvalue weighted by Crippen LogP contribution is 2.30. The lowest BCUT2D eigenvalue weighted by molar-refractivity contribution is 0.587. The van der Waals surface area contributed by atoms with Gasteiger partial charge in [0.15, 0.2) is 0 Å². The van der Waals surface area contributed by atoms with Gasteiger partial charge >= 0.3 is 0 Å². The van der Waals surface area contributed by atoms with E-state index in [1.54, 1.807) is 0 Å². The SMILES string of the molecule is CCc1ccccc1C(Cc1cccc(Cl)c1Cl)NC. The summed E-state index contributed by atoms with van der Waals surface area (Å²) in [5.41, 5.74) is 3.77. The van der Waals surface area contributed by atoms with Crippen molar-refractivity contribution in [3.63, 3.8) is 0 Å². The molecular formula is C17H19Cl2N. The molecular weight excluding hydrogens is 289 g/mol. The average molecular weight is 308 g/mol. The van der Waals surface area contributed by atoms with Crippen molar-refractivity contribution in [3.05, 3.63) is 69.2 Å². The van der Waals surface area contributed by atoms with E-state index in [2.05, 4.69) is 36.5 Å². The van der Waals surface area contributed by atoms with Gasteiger partial charge in [0.2, 0.25) is 0 Å². The van der Waals surface area contributed by atoms with E-state index in [1.807, 2.05) is 25.2 Å². The number of rotatable bonds is 5. The van der Waals surface area contributed by atoms with E-state index in [4.69, 9.17) is 23.2 Å². The summed E-state index contributed by atoms with van der Waals surface area (Å²) in [5.74, 6) is 0. The molecule has 2 rings (SSSR count). The molecule has 1 unspecified atom stereocenters. The van der Waals surface area contributed by atoms with Gasteiger partial charge in [-0.3, -0.25) is 0 Å². The Hall–Kier alpha value is -1.02. The molecule has 0 aromatic heterocycles. The molecule has 0 aliphatic heterocycles. The van der Waals surface area contributed by atoms with Crippen molar-refractivity contribution < 1.29 is 0 Å². The minimum Gasteiger partial charge on any atom is -0.313 e. The fraction of sp³-hybridized carbons (Fsp3) is 0.294. The minimum atomic E-state index is 0.238. The Balaban J connectivity index is 2.31. The van der Waals surface area contributed by atoms with Gasteiger partial charge in [-0.2, -0.15) is 0 Å². The van der Waals surface area contributed by atoms with Crippen LogP contribution in [0.2, 0.25) is 10.0 Å². The Bertz CT molecular complexity index is 581. The quantitative estimate of drug-likeness (QED) is 0.814. The van der Waals surface area contributed by atoms with E-state index >= 15 is 0 Å². The lowest BCUT2D eigenvalue weighted by Gasteiger charge is -2.20. The van der Waals surface area contributed by atoms with Crippen molar-refractivity contribution in [2.24, 2.45) is 0 Å². The van der Waals surface area contributed by atoms with Gasteiger partial charge in [-0.25, -0.2) is 0 Å². The Labute approximate surface area is 130 Å². The van der Waals surface area contributed by atoms with Crippen LogP contribution >= 0.6 is 23.2 Å². The number of likely N-dealkylation sites (N-methyl/N-ethyl adjacent to an activating group) is 1. The van der Waals surface area contributed by atoms with Crippen LogP contribution in [-0.4, -0.2) is 7.05 Å². The van der Waals surface area contributed by atoms with Gasteiger partial charge in [0, 0.05) is 6.04 Å². The average Bonchev–Trinajstić information content (AvgIpc) is 2.49. The zero-order valence-electron chi connectivity index (χ0n) is 11.8. The van der Waals surface area contributed by atoms with E-state index in [-0.39, 0.29) is 6.04 Å². The van der Waals surface area contributed by atoms with Gasteiger partial charge < -0.3 is 5.32 Å². The zero-order chi connectivity index (χ0) is 14.5. The van der Waals surface area contributed by atoms with Gasteiger partial charge in [0.25, 0.3) is 0 Å². The minimum absolute atomic E-state index is 0.238. The Kier molecular flexibility index (Phi) is 5.47. The molecule has 2 aromatic rings. The summed E-state index contributed by atoms with van der Waals surface area (Å²) in [4.78, 5) is 0. The van der Waals surface area contributed by atoms with Crippen molar-refractivity contribution >= 4 is 23.2 Å². The second kappa shape index (κ2) is 7.12. The first-order valence-corrected chi connectivity index (χ1v) is 7.61. The van der Waals surface area contributed by atoms with Gasteiger partial charge in [0.05, 0.1) is 10.0 Å². The first-order chi connectivity index (χ1) is 9.67. The molecule has 20 heavy (non-hydrogen) atoms. The summed E-state index contributed by atoms with van der Waals surface area (Å²) in [6.07, 6.45) is 1.85. The van der Waals surface area contributed by atoms with Crippen LogP contribution < -0.4 is 5.32 Å². The monoisotopic (exact) mass is 307 g/mol. The Morgan fingerprint density at radius 1 is 1.00 bits per heavy atom. The van der Waals surface area contributed by atoms with E-state index in [0.29, 0.717) is 10.0 Å². The lowest BCUT2D eigenvalue weighted by atomic mass is 9.94. The van der Waals surface area contributed by atoms with Crippen LogP contribution in [0.1, 0.15) is 29.7 Å². The molecule has 0 aliphatic rings. The van der Waals surface area contributed by atoms with Crippen molar-refractivity contribution in [2.75, 3.05) is 7.05 Å². The molecule has 0 amide bonds. The van der Waals surface area contributed by atoms with Gasteiger partial charge in [-0.15, -0.1) is 0 Å². The summed E-state index contributed by atoms with van der Waals surface area (Å²) in [5, 5.41) is 4.66. The maximum atomic E-state index is 6.30. The van der Waals surface area contributed by atoms with Crippen LogP contribution in [0, 0.1) is 0 Å². The fourth-order valence-electron chi connectivity index (χ4n) is 2.49. The number of hydrogen-bond donors (Lipinski definition) is 1.